The molecular formula is C12H16ClFN2O. The molecule has 1 saturated heterocycles. The van der Waals surface area contributed by atoms with Gasteiger partial charge in [0.15, 0.2) is 0 Å². The average molecular weight is 259 g/mol. The van der Waals surface area contributed by atoms with Gasteiger partial charge in [-0.25, -0.2) is 4.39 Å². The number of nitrogens with zero attached hydrogens (tertiary/aromatic N) is 1. The van der Waals surface area contributed by atoms with Gasteiger partial charge in [-0.1, -0.05) is 6.07 Å². The number of benzene rings is 1. The minimum absolute atomic E-state index is 0. The van der Waals surface area contributed by atoms with E-state index in [1.807, 2.05) is 0 Å². The number of halogens is 2. The molecule has 2 rings (SSSR count). The van der Waals surface area contributed by atoms with Crippen LogP contribution in [0.5, 0.6) is 0 Å². The fourth-order valence-corrected chi connectivity index (χ4v) is 1.70. The Balaban J connectivity index is 0.00000144. The number of nitrogens with one attached hydrogen (secondary N) is 1. The van der Waals surface area contributed by atoms with Crippen LogP contribution in [0, 0.1) is 12.7 Å². The summed E-state index contributed by atoms with van der Waals surface area (Å²) in [5, 5.41) is 3.08. The molecule has 1 aromatic rings. The van der Waals surface area contributed by atoms with Crippen molar-refractivity contribution in [2.24, 2.45) is 0 Å². The SMILES string of the molecule is Cc1ccc(C(=O)N(C)C2CNC2)c(F)c1.Cl. The van der Waals surface area contributed by atoms with Crippen LogP contribution in [0.4, 0.5) is 4.39 Å². The van der Waals surface area contributed by atoms with E-state index in [9.17, 15) is 9.18 Å². The second-order valence-corrected chi connectivity index (χ2v) is 4.21. The van der Waals surface area contributed by atoms with E-state index in [0.717, 1.165) is 18.7 Å². The van der Waals surface area contributed by atoms with Gasteiger partial charge in [0.1, 0.15) is 5.82 Å². The van der Waals surface area contributed by atoms with E-state index in [4.69, 9.17) is 0 Å². The zero-order chi connectivity index (χ0) is 11.7. The first-order valence-electron chi connectivity index (χ1n) is 5.33. The standard InChI is InChI=1S/C12H15FN2O.ClH/c1-8-3-4-10(11(13)5-8)12(16)15(2)9-6-14-7-9;/h3-5,9,14H,6-7H2,1-2H3;1H. The van der Waals surface area contributed by atoms with E-state index >= 15 is 0 Å². The van der Waals surface area contributed by atoms with Crippen molar-refractivity contribution in [3.8, 4) is 0 Å². The van der Waals surface area contributed by atoms with Crippen LogP contribution >= 0.6 is 12.4 Å². The van der Waals surface area contributed by atoms with Gasteiger partial charge in [0.2, 0.25) is 0 Å². The van der Waals surface area contributed by atoms with E-state index in [0.29, 0.717) is 0 Å². The van der Waals surface area contributed by atoms with Gasteiger partial charge in [-0.3, -0.25) is 4.79 Å². The van der Waals surface area contributed by atoms with Gasteiger partial charge < -0.3 is 10.2 Å². The van der Waals surface area contributed by atoms with Crippen LogP contribution in [0.1, 0.15) is 15.9 Å². The molecule has 17 heavy (non-hydrogen) atoms. The second-order valence-electron chi connectivity index (χ2n) is 4.21. The number of hydrogen-bond donors (Lipinski definition) is 1. The molecule has 0 atom stereocenters. The van der Waals surface area contributed by atoms with E-state index in [2.05, 4.69) is 5.32 Å². The van der Waals surface area contributed by atoms with Crippen molar-refractivity contribution in [1.82, 2.24) is 10.2 Å². The topological polar surface area (TPSA) is 32.3 Å². The molecule has 1 aliphatic heterocycles. The van der Waals surface area contributed by atoms with E-state index < -0.39 is 5.82 Å². The van der Waals surface area contributed by atoms with Crippen molar-refractivity contribution in [3.05, 3.63) is 35.1 Å². The number of aryl methyl sites for hydroxylation is 1. The fraction of sp³-hybridized carbons (Fsp3) is 0.417. The Kier molecular flexibility index (Phi) is 4.48. The molecule has 1 amide bonds. The summed E-state index contributed by atoms with van der Waals surface area (Å²) in [4.78, 5) is 13.6. The maximum Gasteiger partial charge on any atom is 0.256 e. The Bertz CT molecular complexity index is 421. The van der Waals surface area contributed by atoms with Crippen molar-refractivity contribution in [2.75, 3.05) is 20.1 Å². The Morgan fingerprint density at radius 3 is 2.59 bits per heavy atom. The van der Waals surface area contributed by atoms with Crippen LogP contribution in [0.3, 0.4) is 0 Å². The Labute approximate surface area is 106 Å². The van der Waals surface area contributed by atoms with Crippen LogP contribution < -0.4 is 5.32 Å². The summed E-state index contributed by atoms with van der Waals surface area (Å²) < 4.78 is 13.6. The van der Waals surface area contributed by atoms with Crippen molar-refractivity contribution in [3.63, 3.8) is 0 Å². The smallest absolute Gasteiger partial charge is 0.256 e. The molecule has 0 radical (unpaired) electrons. The van der Waals surface area contributed by atoms with Gasteiger partial charge in [-0.15, -0.1) is 12.4 Å². The van der Waals surface area contributed by atoms with Crippen LogP contribution in [0.25, 0.3) is 0 Å². The molecule has 0 bridgehead atoms. The molecule has 1 aromatic carbocycles. The quantitative estimate of drug-likeness (QED) is 0.874. The number of rotatable bonds is 2. The van der Waals surface area contributed by atoms with E-state index in [1.54, 1.807) is 31.0 Å². The summed E-state index contributed by atoms with van der Waals surface area (Å²) >= 11 is 0. The highest BCUT2D eigenvalue weighted by Crippen LogP contribution is 2.14. The third kappa shape index (κ3) is 2.76. The normalized spacial score (nSPS) is 14.8. The average Bonchev–Trinajstić information content (AvgIpc) is 2.14. The first kappa shape index (κ1) is 13.9. The second kappa shape index (κ2) is 5.47. The highest BCUT2D eigenvalue weighted by atomic mass is 35.5. The summed E-state index contributed by atoms with van der Waals surface area (Å²) in [5.74, 6) is -0.687. The largest absolute Gasteiger partial charge is 0.336 e. The lowest BCUT2D eigenvalue weighted by atomic mass is 10.1. The summed E-state index contributed by atoms with van der Waals surface area (Å²) in [6.07, 6.45) is 0. The lowest BCUT2D eigenvalue weighted by molar-refractivity contribution is 0.0676. The van der Waals surface area contributed by atoms with Crippen molar-refractivity contribution in [2.45, 2.75) is 13.0 Å². The summed E-state index contributed by atoms with van der Waals surface area (Å²) in [6, 6.07) is 4.88. The molecule has 0 aromatic heterocycles. The number of likely N-dealkylation sites (N-methyl/N-ethyl adjacent to an activating group) is 1. The zero-order valence-electron chi connectivity index (χ0n) is 9.87. The fourth-order valence-electron chi connectivity index (χ4n) is 1.70. The van der Waals surface area contributed by atoms with Crippen molar-refractivity contribution >= 4 is 18.3 Å². The Hall–Kier alpha value is -1.13. The number of hydrogen-bond acceptors (Lipinski definition) is 2. The molecule has 5 heteroatoms. The van der Waals surface area contributed by atoms with Gasteiger partial charge in [0, 0.05) is 20.1 Å². The van der Waals surface area contributed by atoms with E-state index in [1.165, 1.54) is 6.07 Å². The molecule has 0 unspecified atom stereocenters. The number of carbonyl (C=O) groups excluding carboxylic acids is 1. The third-order valence-corrected chi connectivity index (χ3v) is 2.98. The predicted octanol–water partition coefficient (Wildman–Crippen LogP) is 1.60. The Morgan fingerprint density at radius 1 is 1.47 bits per heavy atom. The first-order valence-corrected chi connectivity index (χ1v) is 5.33. The van der Waals surface area contributed by atoms with Crippen LogP contribution in [0.15, 0.2) is 18.2 Å². The highest BCUT2D eigenvalue weighted by Gasteiger charge is 2.27. The lowest BCUT2D eigenvalue weighted by Crippen LogP contribution is -2.57. The molecule has 1 fully saturated rings. The van der Waals surface area contributed by atoms with Gasteiger partial charge >= 0.3 is 0 Å². The minimum atomic E-state index is -0.441. The number of amides is 1. The zero-order valence-corrected chi connectivity index (χ0v) is 10.7. The minimum Gasteiger partial charge on any atom is -0.336 e. The van der Waals surface area contributed by atoms with Gasteiger partial charge in [0.05, 0.1) is 11.6 Å². The highest BCUT2D eigenvalue weighted by molar-refractivity contribution is 5.94. The molecule has 94 valence electrons. The van der Waals surface area contributed by atoms with Crippen molar-refractivity contribution < 1.29 is 9.18 Å². The van der Waals surface area contributed by atoms with Gasteiger partial charge in [-0.2, -0.15) is 0 Å². The lowest BCUT2D eigenvalue weighted by Gasteiger charge is -2.35. The summed E-state index contributed by atoms with van der Waals surface area (Å²) in [5.41, 5.74) is 0.974. The molecular weight excluding hydrogens is 243 g/mol. The van der Waals surface area contributed by atoms with Gasteiger partial charge in [-0.05, 0) is 24.6 Å². The van der Waals surface area contributed by atoms with E-state index in [-0.39, 0.29) is 29.9 Å². The molecule has 1 heterocycles. The predicted molar refractivity (Wildman–Crippen MR) is 67.1 cm³/mol. The van der Waals surface area contributed by atoms with Crippen LogP contribution in [0.2, 0.25) is 0 Å². The molecule has 0 spiro atoms. The monoisotopic (exact) mass is 258 g/mol. The molecule has 0 aliphatic carbocycles. The summed E-state index contributed by atoms with van der Waals surface area (Å²) in [7, 11) is 1.72. The maximum absolute atomic E-state index is 13.6. The Morgan fingerprint density at radius 2 is 2.12 bits per heavy atom. The summed E-state index contributed by atoms with van der Waals surface area (Å²) in [6.45, 7) is 3.38. The van der Waals surface area contributed by atoms with Crippen molar-refractivity contribution in [1.29, 1.82) is 0 Å². The maximum atomic E-state index is 13.6. The molecule has 1 aliphatic rings. The first-order chi connectivity index (χ1) is 7.59. The third-order valence-electron chi connectivity index (χ3n) is 2.98. The molecule has 0 saturated carbocycles. The number of carbonyl (C=O) groups is 1. The van der Waals surface area contributed by atoms with Crippen LogP contribution in [-0.2, 0) is 0 Å². The molecule has 3 nitrogen and oxygen atoms in total. The molecule has 1 N–H and O–H groups in total. The van der Waals surface area contributed by atoms with Gasteiger partial charge in [0.25, 0.3) is 5.91 Å². The van der Waals surface area contributed by atoms with Crippen LogP contribution in [-0.4, -0.2) is 37.0 Å².